The maximum Gasteiger partial charge on any atom is 0.261 e. The molecule has 4 rings (SSSR count). The van der Waals surface area contributed by atoms with E-state index in [1.54, 1.807) is 18.0 Å². The first-order chi connectivity index (χ1) is 13.2. The molecule has 3 aromatic rings. The van der Waals surface area contributed by atoms with E-state index in [-0.39, 0.29) is 11.6 Å². The molecule has 3 heterocycles. The first-order valence-corrected chi connectivity index (χ1v) is 9.24. The lowest BCUT2D eigenvalue weighted by molar-refractivity contribution is 0.178. The summed E-state index contributed by atoms with van der Waals surface area (Å²) in [5, 5.41) is 8.83. The molecule has 8 nitrogen and oxygen atoms in total. The lowest BCUT2D eigenvalue weighted by Crippen LogP contribution is -2.33. The summed E-state index contributed by atoms with van der Waals surface area (Å²) in [6.07, 6.45) is 3.74. The minimum Gasteiger partial charge on any atom is -0.383 e. The minimum absolute atomic E-state index is 0.00171. The van der Waals surface area contributed by atoms with Crippen LogP contribution in [0.2, 0.25) is 0 Å². The van der Waals surface area contributed by atoms with Gasteiger partial charge in [-0.25, -0.2) is 4.98 Å². The average Bonchev–Trinajstić information content (AvgIpc) is 3.30. The van der Waals surface area contributed by atoms with Crippen molar-refractivity contribution in [2.24, 2.45) is 7.05 Å². The monoisotopic (exact) mass is 368 g/mol. The summed E-state index contributed by atoms with van der Waals surface area (Å²) < 4.78 is 8.95. The van der Waals surface area contributed by atoms with E-state index in [0.29, 0.717) is 25.1 Å². The Hall–Kier alpha value is -2.58. The molecule has 1 aromatic carbocycles. The smallest absolute Gasteiger partial charge is 0.261 e. The Kier molecular flexibility index (Phi) is 5.00. The summed E-state index contributed by atoms with van der Waals surface area (Å²) in [7, 11) is 3.60. The van der Waals surface area contributed by atoms with Crippen molar-refractivity contribution in [1.29, 1.82) is 0 Å². The largest absolute Gasteiger partial charge is 0.383 e. The number of methoxy groups -OCH3 is 1. The average molecular weight is 368 g/mol. The predicted octanol–water partition coefficient (Wildman–Crippen LogP) is 1.51. The molecule has 8 heteroatoms. The Morgan fingerprint density at radius 1 is 1.30 bits per heavy atom. The quantitative estimate of drug-likeness (QED) is 0.656. The molecule has 0 N–H and O–H groups in total. The molecule has 1 atom stereocenters. The van der Waals surface area contributed by atoms with Crippen molar-refractivity contribution >= 4 is 10.9 Å². The number of ether oxygens (including phenoxy) is 1. The Balaban J connectivity index is 1.76. The van der Waals surface area contributed by atoms with Crippen LogP contribution in [0.4, 0.5) is 0 Å². The van der Waals surface area contributed by atoms with Crippen molar-refractivity contribution in [3.63, 3.8) is 0 Å². The Bertz CT molecular complexity index is 995. The van der Waals surface area contributed by atoms with Gasteiger partial charge in [-0.1, -0.05) is 12.1 Å². The number of nitrogens with zero attached hydrogens (tertiary/aromatic N) is 6. The topological polar surface area (TPSA) is 78.1 Å². The molecule has 1 fully saturated rings. The molecule has 0 radical (unpaired) electrons. The van der Waals surface area contributed by atoms with Crippen LogP contribution in [0, 0.1) is 0 Å². The van der Waals surface area contributed by atoms with Crippen molar-refractivity contribution < 1.29 is 4.74 Å². The fourth-order valence-corrected chi connectivity index (χ4v) is 3.78. The maximum absolute atomic E-state index is 13.1. The van der Waals surface area contributed by atoms with Gasteiger partial charge in [0, 0.05) is 14.2 Å². The van der Waals surface area contributed by atoms with E-state index in [2.05, 4.69) is 15.1 Å². The molecular weight excluding hydrogens is 344 g/mol. The number of aryl methyl sites for hydroxylation is 1. The van der Waals surface area contributed by atoms with Crippen LogP contribution in [-0.4, -0.2) is 49.5 Å². The van der Waals surface area contributed by atoms with E-state index >= 15 is 0 Å². The van der Waals surface area contributed by atoms with Gasteiger partial charge in [0.05, 0.1) is 36.6 Å². The van der Waals surface area contributed by atoms with Crippen LogP contribution in [0.15, 0.2) is 35.4 Å². The first-order valence-electron chi connectivity index (χ1n) is 9.24. The van der Waals surface area contributed by atoms with Crippen molar-refractivity contribution in [1.82, 2.24) is 29.2 Å². The number of fused-ring (bicyclic) bond motifs is 1. The second-order valence-electron chi connectivity index (χ2n) is 6.92. The second kappa shape index (κ2) is 7.58. The Morgan fingerprint density at radius 3 is 2.93 bits per heavy atom. The molecule has 1 aliphatic heterocycles. The van der Waals surface area contributed by atoms with Crippen LogP contribution < -0.4 is 5.56 Å². The molecule has 0 saturated carbocycles. The van der Waals surface area contributed by atoms with Gasteiger partial charge in [-0.15, -0.1) is 10.2 Å². The molecule has 1 aliphatic rings. The Labute approximate surface area is 157 Å². The van der Waals surface area contributed by atoms with E-state index < -0.39 is 0 Å². The van der Waals surface area contributed by atoms with Crippen LogP contribution >= 0.6 is 0 Å². The standard InChI is InChI=1S/C19H24N6O2/c1-23-13-20-22-17(23)12-24-9-5-8-16(24)18-21-15-7-4-3-6-14(15)19(26)25(18)10-11-27-2/h3-4,6-7,13,16H,5,8-12H2,1-2H3. The fraction of sp³-hybridized carbons (Fsp3) is 0.474. The second-order valence-corrected chi connectivity index (χ2v) is 6.92. The van der Waals surface area contributed by atoms with E-state index in [1.807, 2.05) is 35.9 Å². The van der Waals surface area contributed by atoms with Gasteiger partial charge in [0.25, 0.3) is 5.56 Å². The Morgan fingerprint density at radius 2 is 2.15 bits per heavy atom. The SMILES string of the molecule is COCCn1c(C2CCCN2Cc2nncn2C)nc2ccccc2c1=O. The van der Waals surface area contributed by atoms with Gasteiger partial charge in [-0.2, -0.15) is 0 Å². The molecule has 1 unspecified atom stereocenters. The van der Waals surface area contributed by atoms with Crippen LogP contribution in [0.25, 0.3) is 10.9 Å². The molecular formula is C19H24N6O2. The van der Waals surface area contributed by atoms with Gasteiger partial charge in [0.15, 0.2) is 0 Å². The molecule has 27 heavy (non-hydrogen) atoms. The van der Waals surface area contributed by atoms with Gasteiger partial charge in [0.2, 0.25) is 0 Å². The number of para-hydroxylation sites is 1. The number of likely N-dealkylation sites (tertiary alicyclic amines) is 1. The minimum atomic E-state index is -0.00171. The molecule has 142 valence electrons. The zero-order valence-corrected chi connectivity index (χ0v) is 15.7. The van der Waals surface area contributed by atoms with Gasteiger partial charge in [-0.05, 0) is 31.5 Å². The third-order valence-corrected chi connectivity index (χ3v) is 5.22. The van der Waals surface area contributed by atoms with Crippen LogP contribution in [0.3, 0.4) is 0 Å². The molecule has 0 bridgehead atoms. The highest BCUT2D eigenvalue weighted by Gasteiger charge is 2.31. The number of hydrogen-bond donors (Lipinski definition) is 0. The normalized spacial score (nSPS) is 17.8. The molecule has 0 amide bonds. The number of hydrogen-bond acceptors (Lipinski definition) is 6. The third-order valence-electron chi connectivity index (χ3n) is 5.22. The molecule has 0 aliphatic carbocycles. The predicted molar refractivity (Wildman–Crippen MR) is 101 cm³/mol. The highest BCUT2D eigenvalue weighted by Crippen LogP contribution is 2.32. The van der Waals surface area contributed by atoms with Crippen LogP contribution in [0.1, 0.15) is 30.5 Å². The van der Waals surface area contributed by atoms with E-state index in [1.165, 1.54) is 0 Å². The van der Waals surface area contributed by atoms with E-state index in [0.717, 1.165) is 36.6 Å². The van der Waals surface area contributed by atoms with Crippen molar-refractivity contribution in [3.05, 3.63) is 52.6 Å². The summed E-state index contributed by atoms with van der Waals surface area (Å²) >= 11 is 0. The lowest BCUT2D eigenvalue weighted by Gasteiger charge is -2.26. The lowest BCUT2D eigenvalue weighted by atomic mass is 10.1. The van der Waals surface area contributed by atoms with Crippen molar-refractivity contribution in [3.8, 4) is 0 Å². The van der Waals surface area contributed by atoms with E-state index in [9.17, 15) is 4.79 Å². The third kappa shape index (κ3) is 3.38. The number of rotatable bonds is 6. The van der Waals surface area contributed by atoms with E-state index in [4.69, 9.17) is 9.72 Å². The highest BCUT2D eigenvalue weighted by atomic mass is 16.5. The zero-order chi connectivity index (χ0) is 18.8. The summed E-state index contributed by atoms with van der Waals surface area (Å²) in [5.41, 5.74) is 0.745. The summed E-state index contributed by atoms with van der Waals surface area (Å²) in [5.74, 6) is 1.73. The van der Waals surface area contributed by atoms with Gasteiger partial charge >= 0.3 is 0 Å². The number of aromatic nitrogens is 5. The summed E-state index contributed by atoms with van der Waals surface area (Å²) in [6.45, 7) is 2.61. The van der Waals surface area contributed by atoms with Crippen LogP contribution in [-0.2, 0) is 24.9 Å². The summed E-state index contributed by atoms with van der Waals surface area (Å²) in [6, 6.07) is 7.62. The molecule has 1 saturated heterocycles. The van der Waals surface area contributed by atoms with Gasteiger partial charge in [0.1, 0.15) is 18.0 Å². The van der Waals surface area contributed by atoms with Gasteiger partial charge in [-0.3, -0.25) is 14.3 Å². The number of benzene rings is 1. The molecule has 2 aromatic heterocycles. The maximum atomic E-state index is 13.1. The molecule has 0 spiro atoms. The van der Waals surface area contributed by atoms with Crippen LogP contribution in [0.5, 0.6) is 0 Å². The van der Waals surface area contributed by atoms with Crippen molar-refractivity contribution in [2.45, 2.75) is 32.0 Å². The fourth-order valence-electron chi connectivity index (χ4n) is 3.78. The van der Waals surface area contributed by atoms with Gasteiger partial charge < -0.3 is 9.30 Å². The van der Waals surface area contributed by atoms with Crippen molar-refractivity contribution in [2.75, 3.05) is 20.3 Å². The highest BCUT2D eigenvalue weighted by molar-refractivity contribution is 5.77. The summed E-state index contributed by atoms with van der Waals surface area (Å²) in [4.78, 5) is 20.3. The first kappa shape index (κ1) is 17.8. The zero-order valence-electron chi connectivity index (χ0n) is 15.7.